The topological polar surface area (TPSA) is 101 Å². The maximum Gasteiger partial charge on any atom is 0.409 e. The molecule has 10 nitrogen and oxygen atoms in total. The molecule has 1 aromatic heterocycles. The molecule has 0 bridgehead atoms. The van der Waals surface area contributed by atoms with Crippen LogP contribution in [0.5, 0.6) is 5.75 Å². The molecule has 2 aliphatic rings. The van der Waals surface area contributed by atoms with E-state index in [1.807, 2.05) is 32.0 Å². The fourth-order valence-corrected chi connectivity index (χ4v) is 6.53. The van der Waals surface area contributed by atoms with Crippen molar-refractivity contribution in [1.82, 2.24) is 10.2 Å². The first kappa shape index (κ1) is 30.6. The summed E-state index contributed by atoms with van der Waals surface area (Å²) in [7, 11) is 1.23. The molecule has 1 fully saturated rings. The summed E-state index contributed by atoms with van der Waals surface area (Å²) in [5.41, 5.74) is 2.62. The van der Waals surface area contributed by atoms with Gasteiger partial charge in [0.05, 0.1) is 19.4 Å². The van der Waals surface area contributed by atoms with Gasteiger partial charge in [-0.25, -0.2) is 4.79 Å². The lowest BCUT2D eigenvalue weighted by molar-refractivity contribution is -0.139. The molecule has 0 spiro atoms. The third kappa shape index (κ3) is 7.40. The lowest BCUT2D eigenvalue weighted by atomic mass is 9.77. The summed E-state index contributed by atoms with van der Waals surface area (Å²) in [5, 5.41) is 5.83. The van der Waals surface area contributed by atoms with E-state index in [1.54, 1.807) is 11.3 Å². The van der Waals surface area contributed by atoms with E-state index in [0.29, 0.717) is 18.0 Å². The second-order valence-electron chi connectivity index (χ2n) is 11.5. The summed E-state index contributed by atoms with van der Waals surface area (Å²) in [6.45, 7) is 9.23. The highest BCUT2D eigenvalue weighted by atomic mass is 32.1. The van der Waals surface area contributed by atoms with Crippen molar-refractivity contribution in [2.45, 2.75) is 38.5 Å². The Kier molecular flexibility index (Phi) is 9.72. The number of fused-ring (bicyclic) bond motifs is 2. The van der Waals surface area contributed by atoms with E-state index in [4.69, 9.17) is 9.47 Å². The zero-order valence-electron chi connectivity index (χ0n) is 25.1. The Morgan fingerprint density at radius 2 is 1.84 bits per heavy atom. The van der Waals surface area contributed by atoms with Gasteiger partial charge in [-0.2, -0.15) is 0 Å². The van der Waals surface area contributed by atoms with E-state index in [2.05, 4.69) is 49.5 Å². The minimum atomic E-state index is -0.807. The van der Waals surface area contributed by atoms with Gasteiger partial charge in [-0.1, -0.05) is 26.0 Å². The van der Waals surface area contributed by atoms with Crippen LogP contribution in [0.2, 0.25) is 0 Å². The number of rotatable bonds is 11. The van der Waals surface area contributed by atoms with E-state index in [-0.39, 0.29) is 31.0 Å². The number of amides is 2. The average Bonchev–Trinajstić information content (AvgIpc) is 3.49. The molecule has 2 amide bonds. The van der Waals surface area contributed by atoms with Crippen LogP contribution >= 0.6 is 11.3 Å². The molecule has 1 N–H and O–H groups in total. The van der Waals surface area contributed by atoms with Gasteiger partial charge in [0.2, 0.25) is 5.91 Å². The molecule has 5 rings (SSSR count). The Bertz CT molecular complexity index is 1450. The first-order valence-corrected chi connectivity index (χ1v) is 15.6. The lowest BCUT2D eigenvalue weighted by Crippen LogP contribution is -2.46. The van der Waals surface area contributed by atoms with Crippen molar-refractivity contribution in [2.24, 2.45) is 0 Å². The maximum atomic E-state index is 13.0. The summed E-state index contributed by atoms with van der Waals surface area (Å²) in [5.74, 6) is -0.0755. The quantitative estimate of drug-likeness (QED) is 0.246. The van der Waals surface area contributed by atoms with E-state index >= 15 is 0 Å². The molecule has 0 unspecified atom stereocenters. The van der Waals surface area contributed by atoms with E-state index in [0.717, 1.165) is 51.1 Å². The SMILES string of the molecule is COC(=O)CNC(=O)OCN1C(=O)CC(C)(C)c2ccc(OCCCCN3CCN(c4cccc5sccc45)CC3)cc21. The molecule has 3 heterocycles. The number of carbonyl (C=O) groups is 3. The van der Waals surface area contributed by atoms with Gasteiger partial charge < -0.3 is 24.4 Å². The molecule has 2 aliphatic heterocycles. The standard InChI is InChI=1S/C32H40N4O6S/c1-32(2)20-29(37)36(22-42-31(39)33-21-30(38)40-3)27-19-23(9-10-25(27)32)41-17-5-4-12-34-13-15-35(16-14-34)26-7-6-8-28-24(26)11-18-43-28/h6-11,18-19H,4-5,12-17,20-22H2,1-3H3,(H,33,39). The van der Waals surface area contributed by atoms with E-state index < -0.39 is 12.1 Å². The van der Waals surface area contributed by atoms with Crippen LogP contribution in [0.4, 0.5) is 16.2 Å². The second-order valence-corrected chi connectivity index (χ2v) is 12.5. The van der Waals surface area contributed by atoms with Crippen molar-refractivity contribution in [2.75, 3.05) is 69.5 Å². The largest absolute Gasteiger partial charge is 0.494 e. The lowest BCUT2D eigenvalue weighted by Gasteiger charge is -2.38. The predicted molar refractivity (Wildman–Crippen MR) is 168 cm³/mol. The first-order valence-electron chi connectivity index (χ1n) is 14.7. The number of alkyl carbamates (subject to hydrolysis) is 1. The monoisotopic (exact) mass is 608 g/mol. The zero-order valence-corrected chi connectivity index (χ0v) is 25.9. The van der Waals surface area contributed by atoms with Crippen LogP contribution in [-0.2, 0) is 24.5 Å². The second kappa shape index (κ2) is 13.6. The van der Waals surface area contributed by atoms with Crippen LogP contribution in [0, 0.1) is 0 Å². The highest BCUT2D eigenvalue weighted by Crippen LogP contribution is 2.42. The molecule has 0 atom stereocenters. The summed E-state index contributed by atoms with van der Waals surface area (Å²) >= 11 is 1.79. The van der Waals surface area contributed by atoms with Crippen molar-refractivity contribution >= 4 is 50.8 Å². The van der Waals surface area contributed by atoms with Crippen LogP contribution in [0.1, 0.15) is 38.7 Å². The van der Waals surface area contributed by atoms with Gasteiger partial charge >= 0.3 is 12.1 Å². The highest BCUT2D eigenvalue weighted by Gasteiger charge is 2.37. The van der Waals surface area contributed by atoms with Crippen LogP contribution in [0.25, 0.3) is 10.1 Å². The highest BCUT2D eigenvalue weighted by molar-refractivity contribution is 7.17. The van der Waals surface area contributed by atoms with Crippen LogP contribution in [0.3, 0.4) is 0 Å². The third-order valence-corrected chi connectivity index (χ3v) is 9.02. The Labute approximate surface area is 256 Å². The van der Waals surface area contributed by atoms with Crippen molar-refractivity contribution in [3.8, 4) is 5.75 Å². The number of hydrogen-bond donors (Lipinski definition) is 1. The number of piperazine rings is 1. The number of ether oxygens (including phenoxy) is 3. The van der Waals surface area contributed by atoms with Gasteiger partial charge in [-0.3, -0.25) is 19.4 Å². The van der Waals surface area contributed by atoms with Crippen LogP contribution in [0.15, 0.2) is 47.8 Å². The number of hydrogen-bond acceptors (Lipinski definition) is 9. The van der Waals surface area contributed by atoms with Crippen molar-refractivity contribution in [3.63, 3.8) is 0 Å². The van der Waals surface area contributed by atoms with Gasteiger partial charge in [0.1, 0.15) is 12.3 Å². The predicted octanol–water partition coefficient (Wildman–Crippen LogP) is 4.75. The molecular formula is C32H40N4O6S. The number of benzene rings is 2. The summed E-state index contributed by atoms with van der Waals surface area (Å²) < 4.78 is 17.2. The Hall–Kier alpha value is -3.83. The van der Waals surface area contributed by atoms with Crippen LogP contribution < -0.4 is 19.9 Å². The fraction of sp³-hybridized carbons (Fsp3) is 0.469. The number of thiophene rings is 1. The minimum absolute atomic E-state index is 0.150. The summed E-state index contributed by atoms with van der Waals surface area (Å²) in [6.07, 6.45) is 1.43. The maximum absolute atomic E-state index is 13.0. The van der Waals surface area contributed by atoms with Crippen molar-refractivity contribution < 1.29 is 28.6 Å². The van der Waals surface area contributed by atoms with Gasteiger partial charge in [0, 0.05) is 59.9 Å². The molecule has 0 aliphatic carbocycles. The first-order chi connectivity index (χ1) is 20.7. The normalized spacial score (nSPS) is 16.6. The summed E-state index contributed by atoms with van der Waals surface area (Å²) in [6, 6.07) is 14.6. The number of anilines is 2. The number of carbonyl (C=O) groups excluding carboxylic acids is 3. The van der Waals surface area contributed by atoms with E-state index in [9.17, 15) is 14.4 Å². The number of esters is 1. The molecule has 0 radical (unpaired) electrons. The van der Waals surface area contributed by atoms with E-state index in [1.165, 1.54) is 27.8 Å². The molecule has 0 saturated carbocycles. The van der Waals surface area contributed by atoms with Gasteiger partial charge in [0.15, 0.2) is 6.73 Å². The molecule has 2 aromatic carbocycles. The molecule has 1 saturated heterocycles. The Balaban J connectivity index is 1.09. The molecular weight excluding hydrogens is 568 g/mol. The minimum Gasteiger partial charge on any atom is -0.494 e. The zero-order chi connectivity index (χ0) is 30.4. The molecule has 43 heavy (non-hydrogen) atoms. The van der Waals surface area contributed by atoms with Crippen molar-refractivity contribution in [1.29, 1.82) is 0 Å². The number of nitrogens with zero attached hydrogens (tertiary/aromatic N) is 3. The Morgan fingerprint density at radius 1 is 1.02 bits per heavy atom. The van der Waals surface area contributed by atoms with Gasteiger partial charge in [-0.05, 0) is 54.6 Å². The van der Waals surface area contributed by atoms with Gasteiger partial charge in [-0.15, -0.1) is 11.3 Å². The number of unbranched alkanes of at least 4 members (excludes halogenated alkanes) is 1. The van der Waals surface area contributed by atoms with Gasteiger partial charge in [0.25, 0.3) is 0 Å². The summed E-state index contributed by atoms with van der Waals surface area (Å²) in [4.78, 5) is 42.8. The number of nitrogens with one attached hydrogen (secondary N) is 1. The third-order valence-electron chi connectivity index (χ3n) is 8.14. The molecule has 230 valence electrons. The molecule has 3 aromatic rings. The molecule has 11 heteroatoms. The van der Waals surface area contributed by atoms with Crippen molar-refractivity contribution in [3.05, 3.63) is 53.4 Å². The smallest absolute Gasteiger partial charge is 0.409 e. The Morgan fingerprint density at radius 3 is 2.63 bits per heavy atom. The number of methoxy groups -OCH3 is 1. The average molecular weight is 609 g/mol. The fourth-order valence-electron chi connectivity index (χ4n) is 5.73. The van der Waals surface area contributed by atoms with Crippen LogP contribution in [-0.4, -0.2) is 82.6 Å².